The van der Waals surface area contributed by atoms with Crippen molar-refractivity contribution in [2.75, 3.05) is 13.1 Å². The highest BCUT2D eigenvalue weighted by Gasteiger charge is 2.29. The average molecular weight is 248 g/mol. The van der Waals surface area contributed by atoms with Crippen molar-refractivity contribution in [2.45, 2.75) is 32.9 Å². The van der Waals surface area contributed by atoms with E-state index in [0.29, 0.717) is 5.56 Å². The van der Waals surface area contributed by atoms with Crippen molar-refractivity contribution in [1.82, 2.24) is 10.2 Å². The topological polar surface area (TPSA) is 52.6 Å². The van der Waals surface area contributed by atoms with Crippen LogP contribution in [-0.2, 0) is 0 Å². The lowest BCUT2D eigenvalue weighted by Gasteiger charge is -2.39. The van der Waals surface area contributed by atoms with Gasteiger partial charge in [-0.2, -0.15) is 0 Å². The van der Waals surface area contributed by atoms with E-state index in [4.69, 9.17) is 0 Å². The molecule has 1 saturated heterocycles. The van der Waals surface area contributed by atoms with Crippen molar-refractivity contribution in [3.8, 4) is 5.75 Å². The standard InChI is InChI=1S/C14H20N2O2/c1-9-6-12(4-5-13(9)17)14(18)16-10(2)7-15-8-11(16)3/h4-6,10-11,15,17H,7-8H2,1-3H3. The van der Waals surface area contributed by atoms with Crippen molar-refractivity contribution in [3.05, 3.63) is 29.3 Å². The summed E-state index contributed by atoms with van der Waals surface area (Å²) in [6.45, 7) is 7.55. The molecule has 0 aromatic heterocycles. The summed E-state index contributed by atoms with van der Waals surface area (Å²) in [5, 5.41) is 12.8. The van der Waals surface area contributed by atoms with Gasteiger partial charge in [-0.05, 0) is 44.5 Å². The number of nitrogens with zero attached hydrogens (tertiary/aromatic N) is 1. The zero-order chi connectivity index (χ0) is 13.3. The van der Waals surface area contributed by atoms with Crippen molar-refractivity contribution in [2.24, 2.45) is 0 Å². The summed E-state index contributed by atoms with van der Waals surface area (Å²) in [5.74, 6) is 0.271. The molecule has 2 N–H and O–H groups in total. The zero-order valence-corrected chi connectivity index (χ0v) is 11.1. The van der Waals surface area contributed by atoms with Crippen molar-refractivity contribution in [3.63, 3.8) is 0 Å². The Morgan fingerprint density at radius 2 is 1.94 bits per heavy atom. The molecule has 0 aliphatic carbocycles. The first-order valence-corrected chi connectivity index (χ1v) is 6.33. The summed E-state index contributed by atoms with van der Waals surface area (Å²) in [6.07, 6.45) is 0. The van der Waals surface area contributed by atoms with Crippen molar-refractivity contribution < 1.29 is 9.90 Å². The quantitative estimate of drug-likeness (QED) is 0.792. The van der Waals surface area contributed by atoms with Gasteiger partial charge in [-0.15, -0.1) is 0 Å². The van der Waals surface area contributed by atoms with Crippen LogP contribution in [-0.4, -0.2) is 41.1 Å². The molecular weight excluding hydrogens is 228 g/mol. The Balaban J connectivity index is 2.26. The molecule has 2 rings (SSSR count). The first kappa shape index (κ1) is 12.9. The molecule has 98 valence electrons. The summed E-state index contributed by atoms with van der Waals surface area (Å²) in [6, 6.07) is 5.40. The van der Waals surface area contributed by atoms with Gasteiger partial charge >= 0.3 is 0 Å². The second-order valence-corrected chi connectivity index (χ2v) is 5.07. The van der Waals surface area contributed by atoms with Crippen LogP contribution >= 0.6 is 0 Å². The maximum absolute atomic E-state index is 12.5. The zero-order valence-electron chi connectivity index (χ0n) is 11.1. The largest absolute Gasteiger partial charge is 0.508 e. The molecule has 0 saturated carbocycles. The number of hydrogen-bond acceptors (Lipinski definition) is 3. The average Bonchev–Trinajstić information content (AvgIpc) is 2.32. The Labute approximate surface area is 108 Å². The van der Waals surface area contributed by atoms with Gasteiger partial charge in [0.05, 0.1) is 0 Å². The van der Waals surface area contributed by atoms with Crippen LogP contribution in [0.25, 0.3) is 0 Å². The summed E-state index contributed by atoms with van der Waals surface area (Å²) >= 11 is 0. The Hall–Kier alpha value is -1.55. The summed E-state index contributed by atoms with van der Waals surface area (Å²) < 4.78 is 0. The lowest BCUT2D eigenvalue weighted by molar-refractivity contribution is 0.0544. The first-order chi connectivity index (χ1) is 8.50. The monoisotopic (exact) mass is 248 g/mol. The third-order valence-electron chi connectivity index (χ3n) is 3.51. The summed E-state index contributed by atoms with van der Waals surface area (Å²) in [7, 11) is 0. The third-order valence-corrected chi connectivity index (χ3v) is 3.51. The molecule has 0 bridgehead atoms. The molecule has 1 heterocycles. The fourth-order valence-electron chi connectivity index (χ4n) is 2.47. The van der Waals surface area contributed by atoms with Gasteiger partial charge in [0, 0.05) is 30.7 Å². The van der Waals surface area contributed by atoms with Crippen LogP contribution in [0.1, 0.15) is 29.8 Å². The molecule has 18 heavy (non-hydrogen) atoms. The second kappa shape index (κ2) is 4.98. The van der Waals surface area contributed by atoms with Crippen LogP contribution in [0.3, 0.4) is 0 Å². The molecule has 1 aromatic rings. The lowest BCUT2D eigenvalue weighted by atomic mass is 10.1. The minimum Gasteiger partial charge on any atom is -0.508 e. The van der Waals surface area contributed by atoms with E-state index in [-0.39, 0.29) is 23.7 Å². The Bertz CT molecular complexity index is 449. The summed E-state index contributed by atoms with van der Waals surface area (Å²) in [4.78, 5) is 14.4. The Kier molecular flexibility index (Phi) is 3.57. The maximum atomic E-state index is 12.5. The number of piperazine rings is 1. The van der Waals surface area contributed by atoms with Crippen molar-refractivity contribution >= 4 is 5.91 Å². The molecule has 4 nitrogen and oxygen atoms in total. The highest BCUT2D eigenvalue weighted by atomic mass is 16.3. The molecule has 1 aliphatic rings. The molecule has 2 atom stereocenters. The molecule has 2 unspecified atom stereocenters. The minimum absolute atomic E-state index is 0.0413. The number of carbonyl (C=O) groups excluding carboxylic acids is 1. The van der Waals surface area contributed by atoms with Crippen LogP contribution in [0, 0.1) is 6.92 Å². The van der Waals surface area contributed by atoms with E-state index < -0.39 is 0 Å². The highest BCUT2D eigenvalue weighted by Crippen LogP contribution is 2.20. The molecule has 1 aliphatic heterocycles. The number of benzene rings is 1. The fraction of sp³-hybridized carbons (Fsp3) is 0.500. The molecule has 0 spiro atoms. The fourth-order valence-corrected chi connectivity index (χ4v) is 2.47. The minimum atomic E-state index is 0.0413. The number of rotatable bonds is 1. The van der Waals surface area contributed by atoms with E-state index in [0.717, 1.165) is 18.7 Å². The number of nitrogens with one attached hydrogen (secondary N) is 1. The van der Waals surface area contributed by atoms with Crippen LogP contribution in [0.4, 0.5) is 0 Å². The van der Waals surface area contributed by atoms with Crippen LogP contribution < -0.4 is 5.32 Å². The predicted molar refractivity (Wildman–Crippen MR) is 70.8 cm³/mol. The molecular formula is C14H20N2O2. The maximum Gasteiger partial charge on any atom is 0.254 e. The van der Waals surface area contributed by atoms with E-state index in [1.807, 2.05) is 18.7 Å². The first-order valence-electron chi connectivity index (χ1n) is 6.33. The SMILES string of the molecule is Cc1cc(C(=O)N2C(C)CNCC2C)ccc1O. The van der Waals surface area contributed by atoms with Gasteiger partial charge in [0.25, 0.3) is 5.91 Å². The normalized spacial score (nSPS) is 24.1. The van der Waals surface area contributed by atoms with Gasteiger partial charge in [-0.25, -0.2) is 0 Å². The van der Waals surface area contributed by atoms with Gasteiger partial charge in [0.1, 0.15) is 5.75 Å². The van der Waals surface area contributed by atoms with Gasteiger partial charge in [-0.1, -0.05) is 0 Å². The Morgan fingerprint density at radius 3 is 2.50 bits per heavy atom. The van der Waals surface area contributed by atoms with E-state index >= 15 is 0 Å². The lowest BCUT2D eigenvalue weighted by Crippen LogP contribution is -2.57. The number of amides is 1. The number of aryl methyl sites for hydroxylation is 1. The number of phenolic OH excluding ortho intramolecular Hbond substituents is 1. The van der Waals surface area contributed by atoms with Crippen LogP contribution in [0.15, 0.2) is 18.2 Å². The number of phenols is 1. The number of hydrogen-bond donors (Lipinski definition) is 2. The van der Waals surface area contributed by atoms with E-state index in [1.54, 1.807) is 25.1 Å². The molecule has 1 aromatic carbocycles. The third kappa shape index (κ3) is 2.34. The van der Waals surface area contributed by atoms with E-state index in [1.165, 1.54) is 0 Å². The molecule has 1 fully saturated rings. The van der Waals surface area contributed by atoms with Crippen molar-refractivity contribution in [1.29, 1.82) is 0 Å². The van der Waals surface area contributed by atoms with Gasteiger partial charge in [0.15, 0.2) is 0 Å². The molecule has 1 amide bonds. The Morgan fingerprint density at radius 1 is 1.33 bits per heavy atom. The van der Waals surface area contributed by atoms with E-state index in [9.17, 15) is 9.90 Å². The highest BCUT2D eigenvalue weighted by molar-refractivity contribution is 5.95. The van der Waals surface area contributed by atoms with Gasteiger partial charge in [-0.3, -0.25) is 4.79 Å². The summed E-state index contributed by atoms with van der Waals surface area (Å²) in [5.41, 5.74) is 1.38. The second-order valence-electron chi connectivity index (χ2n) is 5.07. The van der Waals surface area contributed by atoms with E-state index in [2.05, 4.69) is 5.32 Å². The number of aromatic hydroxyl groups is 1. The van der Waals surface area contributed by atoms with Gasteiger partial charge < -0.3 is 15.3 Å². The smallest absolute Gasteiger partial charge is 0.254 e. The van der Waals surface area contributed by atoms with Crippen LogP contribution in [0.5, 0.6) is 5.75 Å². The predicted octanol–water partition coefficient (Wildman–Crippen LogP) is 1.52. The van der Waals surface area contributed by atoms with Crippen LogP contribution in [0.2, 0.25) is 0 Å². The molecule has 4 heteroatoms. The number of carbonyl (C=O) groups is 1. The molecule has 0 radical (unpaired) electrons. The van der Waals surface area contributed by atoms with Gasteiger partial charge in [0.2, 0.25) is 0 Å².